The van der Waals surface area contributed by atoms with Crippen LogP contribution in [0.4, 0.5) is 0 Å². The molecule has 0 amide bonds. The summed E-state index contributed by atoms with van der Waals surface area (Å²) in [7, 11) is 2.89. The number of fused-ring (bicyclic) bond motifs is 1. The molecule has 24 heavy (non-hydrogen) atoms. The summed E-state index contributed by atoms with van der Waals surface area (Å²) in [6, 6.07) is 6.52. The summed E-state index contributed by atoms with van der Waals surface area (Å²) in [5.41, 5.74) is -0.854. The lowest BCUT2D eigenvalue weighted by Gasteiger charge is -2.17. The number of ether oxygens (including phenoxy) is 2. The summed E-state index contributed by atoms with van der Waals surface area (Å²) in [6.45, 7) is 0. The van der Waals surface area contributed by atoms with E-state index in [1.54, 1.807) is 6.07 Å². The number of aromatic hydroxyl groups is 1. The summed E-state index contributed by atoms with van der Waals surface area (Å²) in [5, 5.41) is 33.2. The third-order valence-corrected chi connectivity index (χ3v) is 3.55. The molecule has 0 unspecified atom stereocenters. The predicted octanol–water partition coefficient (Wildman–Crippen LogP) is 1.33. The second kappa shape index (κ2) is 5.69. The minimum Gasteiger partial charge on any atom is -0.872 e. The molecule has 0 bridgehead atoms. The van der Waals surface area contributed by atoms with E-state index in [1.807, 2.05) is 0 Å². The lowest BCUT2D eigenvalue weighted by Crippen LogP contribution is -2.13. The van der Waals surface area contributed by atoms with Crippen LogP contribution in [0.2, 0.25) is 0 Å². The second-order valence-corrected chi connectivity index (χ2v) is 4.98. The first-order valence-electron chi connectivity index (χ1n) is 6.86. The molecule has 124 valence electrons. The van der Waals surface area contributed by atoms with Crippen LogP contribution >= 0.6 is 0 Å². The van der Waals surface area contributed by atoms with Crippen molar-refractivity contribution in [2.24, 2.45) is 0 Å². The highest BCUT2D eigenvalue weighted by Crippen LogP contribution is 2.37. The van der Waals surface area contributed by atoms with Crippen molar-refractivity contribution in [2.45, 2.75) is 0 Å². The maximum absolute atomic E-state index is 12.3. The van der Waals surface area contributed by atoms with Gasteiger partial charge in [0, 0.05) is 11.6 Å². The Hall–Kier alpha value is -3.35. The fourth-order valence-corrected chi connectivity index (χ4v) is 2.42. The molecule has 0 radical (unpaired) electrons. The lowest BCUT2D eigenvalue weighted by molar-refractivity contribution is -0.272. The Bertz CT molecular complexity index is 988. The average molecular weight is 328 g/mol. The molecule has 2 aromatic carbocycles. The van der Waals surface area contributed by atoms with E-state index >= 15 is 0 Å². The van der Waals surface area contributed by atoms with Crippen molar-refractivity contribution in [1.29, 1.82) is 0 Å². The molecular formula is C17H12O7-2. The Morgan fingerprint density at radius 1 is 1.04 bits per heavy atom. The van der Waals surface area contributed by atoms with E-state index in [0.29, 0.717) is 11.5 Å². The molecule has 0 aliphatic rings. The first-order chi connectivity index (χ1) is 11.5. The van der Waals surface area contributed by atoms with Gasteiger partial charge in [0.15, 0.2) is 16.9 Å². The summed E-state index contributed by atoms with van der Waals surface area (Å²) in [4.78, 5) is 12.2. The minimum absolute atomic E-state index is 0.158. The highest BCUT2D eigenvalue weighted by Gasteiger charge is 2.13. The van der Waals surface area contributed by atoms with Crippen LogP contribution in [0.1, 0.15) is 0 Å². The van der Waals surface area contributed by atoms with Crippen LogP contribution in [-0.4, -0.2) is 19.3 Å². The number of phenolic OH excluding ortho intramolecular Hbond substituents is 1. The Morgan fingerprint density at radius 3 is 2.42 bits per heavy atom. The van der Waals surface area contributed by atoms with Gasteiger partial charge < -0.3 is 29.2 Å². The van der Waals surface area contributed by atoms with E-state index in [2.05, 4.69) is 0 Å². The normalized spacial score (nSPS) is 10.8. The molecule has 1 aromatic heterocycles. The van der Waals surface area contributed by atoms with Crippen molar-refractivity contribution in [3.8, 4) is 40.1 Å². The average Bonchev–Trinajstić information content (AvgIpc) is 2.56. The number of rotatable bonds is 3. The van der Waals surface area contributed by atoms with Crippen molar-refractivity contribution in [2.75, 3.05) is 14.2 Å². The number of benzene rings is 2. The van der Waals surface area contributed by atoms with Crippen LogP contribution in [-0.2, 0) is 0 Å². The zero-order chi connectivity index (χ0) is 17.4. The molecule has 7 nitrogen and oxygen atoms in total. The third-order valence-electron chi connectivity index (χ3n) is 3.55. The van der Waals surface area contributed by atoms with Gasteiger partial charge in [-0.2, -0.15) is 0 Å². The van der Waals surface area contributed by atoms with Crippen LogP contribution in [0.15, 0.2) is 39.5 Å². The number of methoxy groups -OCH3 is 2. The number of hydrogen-bond donors (Lipinski definition) is 1. The molecular weight excluding hydrogens is 316 g/mol. The SMILES string of the molecule is COc1ccc(-c2oc3cc(O)cc([O-])c3c(=O)c2[O-])cc1OC. The monoisotopic (exact) mass is 328 g/mol. The van der Waals surface area contributed by atoms with E-state index in [1.165, 1.54) is 26.4 Å². The van der Waals surface area contributed by atoms with Crippen molar-refractivity contribution in [3.05, 3.63) is 40.6 Å². The molecule has 0 saturated heterocycles. The van der Waals surface area contributed by atoms with Gasteiger partial charge in [-0.1, -0.05) is 5.75 Å². The van der Waals surface area contributed by atoms with Gasteiger partial charge in [0.1, 0.15) is 17.1 Å². The molecule has 0 spiro atoms. The van der Waals surface area contributed by atoms with Crippen molar-refractivity contribution in [3.63, 3.8) is 0 Å². The van der Waals surface area contributed by atoms with Gasteiger partial charge in [-0.25, -0.2) is 0 Å². The fourth-order valence-electron chi connectivity index (χ4n) is 2.42. The summed E-state index contributed by atoms with van der Waals surface area (Å²) in [6.07, 6.45) is 0. The lowest BCUT2D eigenvalue weighted by atomic mass is 10.1. The first kappa shape index (κ1) is 15.5. The van der Waals surface area contributed by atoms with Gasteiger partial charge in [-0.05, 0) is 30.0 Å². The maximum Gasteiger partial charge on any atom is 0.184 e. The van der Waals surface area contributed by atoms with Crippen LogP contribution in [0.5, 0.6) is 28.7 Å². The maximum atomic E-state index is 12.3. The van der Waals surface area contributed by atoms with E-state index < -0.39 is 16.9 Å². The molecule has 0 saturated carbocycles. The molecule has 0 atom stereocenters. The van der Waals surface area contributed by atoms with Crippen LogP contribution in [0, 0.1) is 0 Å². The van der Waals surface area contributed by atoms with Crippen LogP contribution in [0.3, 0.4) is 0 Å². The highest BCUT2D eigenvalue weighted by atomic mass is 16.5. The van der Waals surface area contributed by atoms with Crippen LogP contribution < -0.4 is 25.1 Å². The molecule has 3 aromatic rings. The molecule has 3 rings (SSSR count). The molecule has 0 fully saturated rings. The van der Waals surface area contributed by atoms with E-state index in [4.69, 9.17) is 13.9 Å². The fraction of sp³-hybridized carbons (Fsp3) is 0.118. The third kappa shape index (κ3) is 2.36. The first-order valence-corrected chi connectivity index (χ1v) is 6.86. The quantitative estimate of drug-likeness (QED) is 0.771. The van der Waals surface area contributed by atoms with E-state index in [0.717, 1.165) is 12.1 Å². The zero-order valence-electron chi connectivity index (χ0n) is 12.8. The molecule has 7 heteroatoms. The molecule has 0 aliphatic heterocycles. The smallest absolute Gasteiger partial charge is 0.184 e. The Labute approximate surface area is 135 Å². The van der Waals surface area contributed by atoms with Gasteiger partial charge in [-0.3, -0.25) is 4.79 Å². The van der Waals surface area contributed by atoms with Crippen molar-refractivity contribution >= 4 is 11.0 Å². The topological polar surface area (TPSA) is 115 Å². The van der Waals surface area contributed by atoms with Gasteiger partial charge in [0.2, 0.25) is 0 Å². The summed E-state index contributed by atoms with van der Waals surface area (Å²) < 4.78 is 15.7. The molecule has 1 heterocycles. The zero-order valence-corrected chi connectivity index (χ0v) is 12.8. The molecule has 1 N–H and O–H groups in total. The molecule has 0 aliphatic carbocycles. The number of phenols is 1. The standard InChI is InChI=1S/C17H14O7/c1-22-11-4-3-8(5-12(11)23-2)17-16(21)15(20)14-10(19)6-9(18)7-13(14)24-17/h3-7,18-19,21H,1-2H3/p-2. The minimum atomic E-state index is -0.981. The largest absolute Gasteiger partial charge is 0.872 e. The van der Waals surface area contributed by atoms with Gasteiger partial charge in [0.05, 0.1) is 19.6 Å². The van der Waals surface area contributed by atoms with Gasteiger partial charge in [-0.15, -0.1) is 0 Å². The highest BCUT2D eigenvalue weighted by molar-refractivity contribution is 5.87. The van der Waals surface area contributed by atoms with Gasteiger partial charge >= 0.3 is 0 Å². The van der Waals surface area contributed by atoms with E-state index in [9.17, 15) is 20.1 Å². The Morgan fingerprint density at radius 2 is 1.75 bits per heavy atom. The van der Waals surface area contributed by atoms with Crippen molar-refractivity contribution in [1.82, 2.24) is 0 Å². The van der Waals surface area contributed by atoms with Crippen molar-refractivity contribution < 1.29 is 29.2 Å². The predicted molar refractivity (Wildman–Crippen MR) is 81.6 cm³/mol. The second-order valence-electron chi connectivity index (χ2n) is 4.98. The van der Waals surface area contributed by atoms with Gasteiger partial charge in [0.25, 0.3) is 0 Å². The Balaban J connectivity index is 2.31. The summed E-state index contributed by atoms with van der Waals surface area (Å²) >= 11 is 0. The van der Waals surface area contributed by atoms with E-state index in [-0.39, 0.29) is 28.0 Å². The number of hydrogen-bond acceptors (Lipinski definition) is 7. The summed E-state index contributed by atoms with van der Waals surface area (Å²) in [5.74, 6) is -1.54. The van der Waals surface area contributed by atoms with Crippen LogP contribution in [0.25, 0.3) is 22.3 Å². The Kier molecular flexibility index (Phi) is 3.69.